The van der Waals surface area contributed by atoms with E-state index < -0.39 is 0 Å². The molecule has 2 nitrogen and oxygen atoms in total. The minimum Gasteiger partial charge on any atom is -0.307 e. The molecule has 1 heterocycles. The Kier molecular flexibility index (Phi) is 3.53. The topological polar surface area (TPSA) is 22.0 Å². The van der Waals surface area contributed by atoms with Crippen LogP contribution in [0.4, 0.5) is 0 Å². The molecule has 0 radical (unpaired) electrons. The molecule has 0 N–H and O–H groups in total. The Labute approximate surface area is 88.8 Å². The van der Waals surface area contributed by atoms with Crippen LogP contribution in [0.3, 0.4) is 0 Å². The van der Waals surface area contributed by atoms with Crippen LogP contribution in [0.1, 0.15) is 25.5 Å². The second-order valence-corrected chi connectivity index (χ2v) is 3.66. The van der Waals surface area contributed by atoms with E-state index in [1.165, 1.54) is 0 Å². The van der Waals surface area contributed by atoms with Crippen LogP contribution < -0.4 is 5.56 Å². The van der Waals surface area contributed by atoms with Gasteiger partial charge >= 0.3 is 0 Å². The molecule has 14 heavy (non-hydrogen) atoms. The minimum atomic E-state index is -0.0218. The molecule has 0 aliphatic rings. The highest BCUT2D eigenvalue weighted by molar-refractivity contribution is 6.30. The lowest BCUT2D eigenvalue weighted by molar-refractivity contribution is 0.629. The van der Waals surface area contributed by atoms with Crippen molar-refractivity contribution in [1.29, 1.82) is 0 Å². The standard InChI is InChI=1S/C11H14ClNO/c1-4-8(3)13-7-10(12)6-9(5-2)11(13)14/h4,6-8H,1,5H2,2-3H3. The SMILES string of the molecule is C=CC(C)n1cc(Cl)cc(CC)c1=O. The summed E-state index contributed by atoms with van der Waals surface area (Å²) in [6.07, 6.45) is 4.07. The van der Waals surface area contributed by atoms with Crippen LogP contribution >= 0.6 is 11.6 Å². The molecule has 3 heteroatoms. The molecular weight excluding hydrogens is 198 g/mol. The summed E-state index contributed by atoms with van der Waals surface area (Å²) in [7, 11) is 0. The second kappa shape index (κ2) is 4.47. The Morgan fingerprint density at radius 1 is 1.71 bits per heavy atom. The van der Waals surface area contributed by atoms with E-state index >= 15 is 0 Å². The Morgan fingerprint density at radius 3 is 2.86 bits per heavy atom. The van der Waals surface area contributed by atoms with Crippen molar-refractivity contribution >= 4 is 11.6 Å². The molecule has 0 aliphatic heterocycles. The van der Waals surface area contributed by atoms with Gasteiger partial charge in [0.1, 0.15) is 0 Å². The number of aryl methyl sites for hydroxylation is 1. The van der Waals surface area contributed by atoms with Crippen LogP contribution in [0.25, 0.3) is 0 Å². The Hall–Kier alpha value is -1.02. The van der Waals surface area contributed by atoms with Crippen LogP contribution in [0, 0.1) is 0 Å². The summed E-state index contributed by atoms with van der Waals surface area (Å²) in [5, 5.41) is 0.593. The van der Waals surface area contributed by atoms with Gasteiger partial charge in [0.2, 0.25) is 0 Å². The van der Waals surface area contributed by atoms with E-state index in [9.17, 15) is 4.79 Å². The van der Waals surface area contributed by atoms with Crippen molar-refractivity contribution < 1.29 is 0 Å². The third-order valence-electron chi connectivity index (χ3n) is 2.24. The van der Waals surface area contributed by atoms with Gasteiger partial charge in [-0.2, -0.15) is 0 Å². The molecule has 0 aliphatic carbocycles. The van der Waals surface area contributed by atoms with Gasteiger partial charge in [0.05, 0.1) is 11.1 Å². The first-order chi connectivity index (χ1) is 6.60. The monoisotopic (exact) mass is 211 g/mol. The molecule has 1 aromatic rings. The highest BCUT2D eigenvalue weighted by Gasteiger charge is 2.07. The molecule has 1 aromatic heterocycles. The van der Waals surface area contributed by atoms with Gasteiger partial charge in [-0.25, -0.2) is 0 Å². The molecule has 0 aromatic carbocycles. The van der Waals surface area contributed by atoms with Gasteiger partial charge in [-0.15, -0.1) is 6.58 Å². The molecule has 76 valence electrons. The zero-order valence-corrected chi connectivity index (χ0v) is 9.21. The van der Waals surface area contributed by atoms with E-state index in [0.29, 0.717) is 11.4 Å². The number of aromatic nitrogens is 1. The Bertz CT molecular complexity index is 395. The van der Waals surface area contributed by atoms with Crippen LogP contribution in [0.2, 0.25) is 5.02 Å². The number of hydrogen-bond donors (Lipinski definition) is 0. The normalized spacial score (nSPS) is 12.5. The number of rotatable bonds is 3. The number of hydrogen-bond acceptors (Lipinski definition) is 1. The van der Waals surface area contributed by atoms with Gasteiger partial charge in [0.25, 0.3) is 5.56 Å². The average molecular weight is 212 g/mol. The Balaban J connectivity index is 3.36. The van der Waals surface area contributed by atoms with E-state index in [2.05, 4.69) is 6.58 Å². The van der Waals surface area contributed by atoms with Gasteiger partial charge in [-0.1, -0.05) is 24.6 Å². The lowest BCUT2D eigenvalue weighted by atomic mass is 10.2. The summed E-state index contributed by atoms with van der Waals surface area (Å²) >= 11 is 5.91. The fourth-order valence-corrected chi connectivity index (χ4v) is 1.53. The molecule has 0 amide bonds. The third-order valence-corrected chi connectivity index (χ3v) is 2.45. The molecule has 0 saturated heterocycles. The lowest BCUT2D eigenvalue weighted by Crippen LogP contribution is -2.24. The fourth-order valence-electron chi connectivity index (χ4n) is 1.29. The maximum atomic E-state index is 11.8. The quantitative estimate of drug-likeness (QED) is 0.705. The molecule has 1 rings (SSSR count). The van der Waals surface area contributed by atoms with Crippen molar-refractivity contribution in [3.05, 3.63) is 45.9 Å². The third kappa shape index (κ3) is 2.07. The molecule has 0 saturated carbocycles. The summed E-state index contributed by atoms with van der Waals surface area (Å²) < 4.78 is 1.61. The molecular formula is C11H14ClNO. The predicted octanol–water partition coefficient (Wildman–Crippen LogP) is 2.81. The number of allylic oxidation sites excluding steroid dienone is 1. The highest BCUT2D eigenvalue weighted by Crippen LogP contribution is 2.12. The van der Waals surface area contributed by atoms with Gasteiger partial charge in [0.15, 0.2) is 0 Å². The predicted molar refractivity (Wildman–Crippen MR) is 60.0 cm³/mol. The molecule has 0 fully saturated rings. The zero-order valence-electron chi connectivity index (χ0n) is 8.46. The van der Waals surface area contributed by atoms with Crippen molar-refractivity contribution in [2.24, 2.45) is 0 Å². The van der Waals surface area contributed by atoms with Gasteiger partial charge in [-0.05, 0) is 19.4 Å². The van der Waals surface area contributed by atoms with Crippen molar-refractivity contribution in [3.8, 4) is 0 Å². The van der Waals surface area contributed by atoms with E-state index in [1.807, 2.05) is 13.8 Å². The van der Waals surface area contributed by atoms with E-state index in [1.54, 1.807) is 22.9 Å². The first kappa shape index (κ1) is 11.1. The fraction of sp³-hybridized carbons (Fsp3) is 0.364. The lowest BCUT2D eigenvalue weighted by Gasteiger charge is -2.12. The number of pyridine rings is 1. The van der Waals surface area contributed by atoms with Gasteiger partial charge in [0, 0.05) is 11.8 Å². The van der Waals surface area contributed by atoms with Gasteiger partial charge < -0.3 is 4.57 Å². The van der Waals surface area contributed by atoms with Crippen LogP contribution in [0.15, 0.2) is 29.7 Å². The van der Waals surface area contributed by atoms with E-state index in [-0.39, 0.29) is 11.6 Å². The van der Waals surface area contributed by atoms with Crippen molar-refractivity contribution in [3.63, 3.8) is 0 Å². The van der Waals surface area contributed by atoms with Crippen molar-refractivity contribution in [2.75, 3.05) is 0 Å². The molecule has 0 bridgehead atoms. The molecule has 1 unspecified atom stereocenters. The zero-order chi connectivity index (χ0) is 10.7. The summed E-state index contributed by atoms with van der Waals surface area (Å²) in [5.74, 6) is 0. The first-order valence-corrected chi connectivity index (χ1v) is 5.01. The Morgan fingerprint density at radius 2 is 2.36 bits per heavy atom. The van der Waals surface area contributed by atoms with E-state index in [4.69, 9.17) is 11.6 Å². The summed E-state index contributed by atoms with van der Waals surface area (Å²) in [6.45, 7) is 7.51. The van der Waals surface area contributed by atoms with Crippen LogP contribution in [0.5, 0.6) is 0 Å². The van der Waals surface area contributed by atoms with E-state index in [0.717, 1.165) is 5.56 Å². The number of halogens is 1. The average Bonchev–Trinajstić information content (AvgIpc) is 2.19. The van der Waals surface area contributed by atoms with Crippen molar-refractivity contribution in [2.45, 2.75) is 26.3 Å². The van der Waals surface area contributed by atoms with Crippen LogP contribution in [-0.2, 0) is 6.42 Å². The molecule has 1 atom stereocenters. The summed E-state index contributed by atoms with van der Waals surface area (Å²) in [4.78, 5) is 11.8. The summed E-state index contributed by atoms with van der Waals surface area (Å²) in [6, 6.07) is 1.70. The second-order valence-electron chi connectivity index (χ2n) is 3.23. The molecule has 0 spiro atoms. The first-order valence-electron chi connectivity index (χ1n) is 4.63. The van der Waals surface area contributed by atoms with Gasteiger partial charge in [-0.3, -0.25) is 4.79 Å². The smallest absolute Gasteiger partial charge is 0.254 e. The summed E-state index contributed by atoms with van der Waals surface area (Å²) in [5.41, 5.74) is 0.760. The maximum Gasteiger partial charge on any atom is 0.254 e. The largest absolute Gasteiger partial charge is 0.307 e. The van der Waals surface area contributed by atoms with Crippen LogP contribution in [-0.4, -0.2) is 4.57 Å². The minimum absolute atomic E-state index is 0.0179. The van der Waals surface area contributed by atoms with Crippen molar-refractivity contribution in [1.82, 2.24) is 4.57 Å². The highest BCUT2D eigenvalue weighted by atomic mass is 35.5. The number of nitrogens with zero attached hydrogens (tertiary/aromatic N) is 1. The maximum absolute atomic E-state index is 11.8.